The topological polar surface area (TPSA) is 46.2 Å². The standard InChI is InChI=1S/C20H25N3OS/c1-15(2)24-17-10-8-16(9-11-17)22-19(25)23-20(12-4-5-13-20)18-7-3-6-14-21-18/h3,6-11,14-15H,4-5,12-13H2,1-2H3,(H2,22,23,25). The minimum atomic E-state index is -0.161. The molecule has 4 nitrogen and oxygen atoms in total. The fourth-order valence-corrected chi connectivity index (χ4v) is 3.65. The highest BCUT2D eigenvalue weighted by Gasteiger charge is 2.37. The quantitative estimate of drug-likeness (QED) is 0.766. The van der Waals surface area contributed by atoms with Crippen LogP contribution in [-0.4, -0.2) is 16.2 Å². The fraction of sp³-hybridized carbons (Fsp3) is 0.400. The van der Waals surface area contributed by atoms with Gasteiger partial charge in [0.1, 0.15) is 5.75 Å². The molecule has 1 fully saturated rings. The van der Waals surface area contributed by atoms with Crippen molar-refractivity contribution in [1.82, 2.24) is 10.3 Å². The molecule has 0 radical (unpaired) electrons. The maximum atomic E-state index is 5.67. The number of hydrogen-bond donors (Lipinski definition) is 2. The normalized spacial score (nSPS) is 15.8. The summed E-state index contributed by atoms with van der Waals surface area (Å²) in [5, 5.41) is 7.44. The van der Waals surface area contributed by atoms with Crippen LogP contribution in [0.25, 0.3) is 0 Å². The van der Waals surface area contributed by atoms with Gasteiger partial charge < -0.3 is 15.4 Å². The van der Waals surface area contributed by atoms with Gasteiger partial charge in [-0.3, -0.25) is 4.98 Å². The predicted molar refractivity (Wildman–Crippen MR) is 106 cm³/mol. The van der Waals surface area contributed by atoms with Crippen LogP contribution in [0.1, 0.15) is 45.2 Å². The molecule has 1 aliphatic carbocycles. The van der Waals surface area contributed by atoms with Crippen molar-refractivity contribution in [3.63, 3.8) is 0 Å². The van der Waals surface area contributed by atoms with E-state index in [2.05, 4.69) is 21.7 Å². The van der Waals surface area contributed by atoms with E-state index < -0.39 is 0 Å². The number of thiocarbonyl (C=S) groups is 1. The van der Waals surface area contributed by atoms with E-state index in [1.54, 1.807) is 0 Å². The maximum absolute atomic E-state index is 5.67. The lowest BCUT2D eigenvalue weighted by Crippen LogP contribution is -2.46. The first kappa shape index (κ1) is 17.7. The molecule has 0 spiro atoms. The molecular weight excluding hydrogens is 330 g/mol. The molecule has 1 aliphatic rings. The van der Waals surface area contributed by atoms with E-state index >= 15 is 0 Å². The van der Waals surface area contributed by atoms with Crippen LogP contribution in [0, 0.1) is 0 Å². The lowest BCUT2D eigenvalue weighted by molar-refractivity contribution is 0.242. The SMILES string of the molecule is CC(C)Oc1ccc(NC(=S)NC2(c3ccccn3)CCCC2)cc1. The first-order valence-corrected chi connectivity index (χ1v) is 9.26. The lowest BCUT2D eigenvalue weighted by atomic mass is 9.93. The summed E-state index contributed by atoms with van der Waals surface area (Å²) in [5.74, 6) is 0.861. The molecule has 0 unspecified atom stereocenters. The number of ether oxygens (including phenoxy) is 1. The summed E-state index contributed by atoms with van der Waals surface area (Å²) in [4.78, 5) is 4.57. The molecule has 2 aromatic rings. The van der Waals surface area contributed by atoms with Crippen LogP contribution in [0.3, 0.4) is 0 Å². The first-order valence-electron chi connectivity index (χ1n) is 8.85. The molecule has 0 amide bonds. The van der Waals surface area contributed by atoms with Crippen molar-refractivity contribution in [2.24, 2.45) is 0 Å². The van der Waals surface area contributed by atoms with Gasteiger partial charge in [-0.25, -0.2) is 0 Å². The van der Waals surface area contributed by atoms with Crippen LogP contribution in [0.4, 0.5) is 5.69 Å². The summed E-state index contributed by atoms with van der Waals surface area (Å²) in [5.41, 5.74) is 1.85. The third-order valence-electron chi connectivity index (χ3n) is 4.45. The third-order valence-corrected chi connectivity index (χ3v) is 4.65. The second kappa shape index (κ2) is 7.83. The zero-order chi connectivity index (χ0) is 17.7. The Balaban J connectivity index is 1.66. The van der Waals surface area contributed by atoms with E-state index in [1.807, 2.05) is 56.4 Å². The highest BCUT2D eigenvalue weighted by Crippen LogP contribution is 2.37. The summed E-state index contributed by atoms with van der Waals surface area (Å²) in [6.07, 6.45) is 6.49. The van der Waals surface area contributed by atoms with Gasteiger partial charge in [-0.15, -0.1) is 0 Å². The molecule has 0 atom stereocenters. The van der Waals surface area contributed by atoms with Gasteiger partial charge in [0.2, 0.25) is 0 Å². The second-order valence-electron chi connectivity index (χ2n) is 6.77. The number of aromatic nitrogens is 1. The minimum absolute atomic E-state index is 0.161. The number of nitrogens with one attached hydrogen (secondary N) is 2. The maximum Gasteiger partial charge on any atom is 0.171 e. The average molecular weight is 356 g/mol. The number of rotatable bonds is 5. The van der Waals surface area contributed by atoms with Crippen LogP contribution >= 0.6 is 12.2 Å². The van der Waals surface area contributed by atoms with Gasteiger partial charge in [-0.2, -0.15) is 0 Å². The summed E-state index contributed by atoms with van der Waals surface area (Å²) >= 11 is 5.57. The Bertz CT molecular complexity index is 695. The summed E-state index contributed by atoms with van der Waals surface area (Å²) < 4.78 is 5.67. The van der Waals surface area contributed by atoms with Gasteiger partial charge >= 0.3 is 0 Å². The van der Waals surface area contributed by atoms with Crippen molar-refractivity contribution in [3.8, 4) is 5.75 Å². The van der Waals surface area contributed by atoms with Crippen molar-refractivity contribution < 1.29 is 4.74 Å². The molecule has 3 rings (SSSR count). The molecule has 0 bridgehead atoms. The second-order valence-corrected chi connectivity index (χ2v) is 7.18. The van der Waals surface area contributed by atoms with Crippen LogP contribution in [0.15, 0.2) is 48.7 Å². The zero-order valence-electron chi connectivity index (χ0n) is 14.8. The number of pyridine rings is 1. The highest BCUT2D eigenvalue weighted by atomic mass is 32.1. The molecule has 0 aliphatic heterocycles. The van der Waals surface area contributed by atoms with Crippen molar-refractivity contribution >= 4 is 23.0 Å². The lowest BCUT2D eigenvalue weighted by Gasteiger charge is -2.31. The Morgan fingerprint density at radius 3 is 2.44 bits per heavy atom. The molecule has 132 valence electrons. The third kappa shape index (κ3) is 4.48. The van der Waals surface area contributed by atoms with Gasteiger partial charge in [-0.05, 0) is 75.3 Å². The largest absolute Gasteiger partial charge is 0.491 e. The van der Waals surface area contributed by atoms with E-state index in [-0.39, 0.29) is 11.6 Å². The fourth-order valence-electron chi connectivity index (χ4n) is 3.34. The summed E-state index contributed by atoms with van der Waals surface area (Å²) in [6, 6.07) is 13.9. The van der Waals surface area contributed by atoms with Gasteiger partial charge in [0.25, 0.3) is 0 Å². The molecule has 1 saturated carbocycles. The van der Waals surface area contributed by atoms with Crippen molar-refractivity contribution in [2.45, 2.75) is 51.2 Å². The Labute approximate surface area is 155 Å². The van der Waals surface area contributed by atoms with Crippen LogP contribution in [0.2, 0.25) is 0 Å². The smallest absolute Gasteiger partial charge is 0.171 e. The Kier molecular flexibility index (Phi) is 5.53. The summed E-state index contributed by atoms with van der Waals surface area (Å²) in [7, 11) is 0. The van der Waals surface area contributed by atoms with Crippen molar-refractivity contribution in [2.75, 3.05) is 5.32 Å². The van der Waals surface area contributed by atoms with Crippen LogP contribution < -0.4 is 15.4 Å². The molecular formula is C20H25N3OS. The Morgan fingerprint density at radius 1 is 1.12 bits per heavy atom. The van der Waals surface area contributed by atoms with E-state index in [0.29, 0.717) is 5.11 Å². The van der Waals surface area contributed by atoms with Crippen molar-refractivity contribution in [1.29, 1.82) is 0 Å². The number of nitrogens with zero attached hydrogens (tertiary/aromatic N) is 1. The van der Waals surface area contributed by atoms with Gasteiger partial charge in [0.05, 0.1) is 17.3 Å². The molecule has 5 heteroatoms. The molecule has 25 heavy (non-hydrogen) atoms. The molecule has 0 saturated heterocycles. The zero-order valence-corrected chi connectivity index (χ0v) is 15.6. The van der Waals surface area contributed by atoms with Gasteiger partial charge in [-0.1, -0.05) is 18.9 Å². The van der Waals surface area contributed by atoms with Gasteiger partial charge in [0.15, 0.2) is 5.11 Å². The summed E-state index contributed by atoms with van der Waals surface area (Å²) in [6.45, 7) is 4.04. The number of hydrogen-bond acceptors (Lipinski definition) is 3. The van der Waals surface area contributed by atoms with Crippen LogP contribution in [0.5, 0.6) is 5.75 Å². The molecule has 1 heterocycles. The molecule has 2 N–H and O–H groups in total. The van der Waals surface area contributed by atoms with E-state index in [0.717, 1.165) is 30.0 Å². The average Bonchev–Trinajstić information content (AvgIpc) is 3.06. The van der Waals surface area contributed by atoms with E-state index in [4.69, 9.17) is 17.0 Å². The monoisotopic (exact) mass is 355 g/mol. The molecule has 1 aromatic heterocycles. The van der Waals surface area contributed by atoms with Gasteiger partial charge in [0, 0.05) is 11.9 Å². The van der Waals surface area contributed by atoms with Crippen LogP contribution in [-0.2, 0) is 5.54 Å². The highest BCUT2D eigenvalue weighted by molar-refractivity contribution is 7.80. The minimum Gasteiger partial charge on any atom is -0.491 e. The van der Waals surface area contributed by atoms with E-state index in [1.165, 1.54) is 12.8 Å². The van der Waals surface area contributed by atoms with E-state index in [9.17, 15) is 0 Å². The molecule has 1 aromatic carbocycles. The number of benzene rings is 1. The predicted octanol–water partition coefficient (Wildman–Crippen LogP) is 4.62. The Morgan fingerprint density at radius 2 is 1.84 bits per heavy atom. The number of anilines is 1. The first-order chi connectivity index (χ1) is 12.1. The van der Waals surface area contributed by atoms with Crippen molar-refractivity contribution in [3.05, 3.63) is 54.4 Å². The Hall–Kier alpha value is -2.14.